The average Bonchev–Trinajstić information content (AvgIpc) is 1.56. The van der Waals surface area contributed by atoms with Gasteiger partial charge in [0.05, 0.1) is 81.9 Å². The van der Waals surface area contributed by atoms with Gasteiger partial charge in [-0.25, -0.2) is 54.9 Å². The van der Waals surface area contributed by atoms with Gasteiger partial charge in [0.25, 0.3) is 46.8 Å². The zero-order chi connectivity index (χ0) is 88.3. The Morgan fingerprint density at radius 2 is 0.782 bits per heavy atom. The van der Waals surface area contributed by atoms with Gasteiger partial charge in [-0.15, -0.1) is 23.2 Å². The summed E-state index contributed by atoms with van der Waals surface area (Å²) in [6.07, 6.45) is 7.14. The van der Waals surface area contributed by atoms with Crippen molar-refractivity contribution in [2.24, 2.45) is 11.5 Å². The van der Waals surface area contributed by atoms with Crippen LogP contribution in [-0.2, 0) is 98.5 Å². The van der Waals surface area contributed by atoms with E-state index in [2.05, 4.69) is 31.7 Å². The van der Waals surface area contributed by atoms with E-state index in [0.717, 1.165) is 46.0 Å². The highest BCUT2D eigenvalue weighted by molar-refractivity contribution is 8.13. The number of aromatic nitrogens is 6. The molecule has 15 rings (SSSR count). The molecule has 3 saturated heterocycles. The molecule has 124 heavy (non-hydrogen) atoms. The number of imide groups is 1. The number of nitriles is 3. The van der Waals surface area contributed by atoms with Gasteiger partial charge in [0.15, 0.2) is 15.1 Å². The summed E-state index contributed by atoms with van der Waals surface area (Å²) in [5.74, 6) is -3.45. The Kier molecular flexibility index (Phi) is 32.4. The van der Waals surface area contributed by atoms with Gasteiger partial charge in [-0.05, 0) is 174 Å². The van der Waals surface area contributed by atoms with Crippen molar-refractivity contribution in [1.82, 2.24) is 47.9 Å². The highest BCUT2D eigenvalue weighted by atomic mass is 35.7. The minimum atomic E-state index is -4.38. The highest BCUT2D eigenvalue weighted by Gasteiger charge is 2.57. The molecule has 0 radical (unpaired) electrons. The number of alkyl halides is 2. The third kappa shape index (κ3) is 20.4. The Bertz CT molecular complexity index is 6060. The molecule has 6 aromatic carbocycles. The smallest absolute Gasteiger partial charge is 0.278 e. The van der Waals surface area contributed by atoms with E-state index >= 15 is 0 Å². The summed E-state index contributed by atoms with van der Waals surface area (Å²) < 4.78 is 86.7. The van der Waals surface area contributed by atoms with E-state index in [0.29, 0.717) is 74.2 Å². The topological polar surface area (TPSA) is 439 Å². The maximum atomic E-state index is 14.2. The Morgan fingerprint density at radius 3 is 1.05 bits per heavy atom. The second-order valence-corrected chi connectivity index (χ2v) is 38.5. The molecule has 43 heteroatoms. The molecule has 0 saturated carbocycles. The lowest BCUT2D eigenvalue weighted by molar-refractivity contribution is -0.131. The molecule has 0 spiro atoms. The lowest BCUT2D eigenvalue weighted by atomic mass is 9.91. The first kappa shape index (κ1) is 99.7. The van der Waals surface area contributed by atoms with Gasteiger partial charge in [-0.3, -0.25) is 52.6 Å². The van der Waals surface area contributed by atoms with Gasteiger partial charge < -0.3 is 16.8 Å². The van der Waals surface area contributed by atoms with Gasteiger partial charge >= 0.3 is 0 Å². The fraction of sp³-hybridized carbons (Fsp3) is 0.321. The summed E-state index contributed by atoms with van der Waals surface area (Å²) in [5.41, 5.74) is 10.6. The summed E-state index contributed by atoms with van der Waals surface area (Å²) in [6.45, 7) is 7.11. The second-order valence-electron chi connectivity index (χ2n) is 28.9. The number of carbonyl (C=O) groups is 7. The monoisotopic (exact) mass is 1930 g/mol. The predicted octanol–water partition coefficient (Wildman–Crippen LogP) is 14.0. The summed E-state index contributed by atoms with van der Waals surface area (Å²) in [5, 5.41) is 33.6. The van der Waals surface area contributed by atoms with Crippen LogP contribution in [0.1, 0.15) is 122 Å². The number of carbonyl (C=O) groups excluding carboxylic acids is 7. The molecule has 9 aromatic rings. The van der Waals surface area contributed by atoms with Crippen LogP contribution >= 0.6 is 103 Å². The molecule has 6 atom stereocenters. The molecule has 6 aliphatic rings. The Balaban J connectivity index is 0.000000216. The van der Waals surface area contributed by atoms with E-state index in [-0.39, 0.29) is 131 Å². The van der Waals surface area contributed by atoms with Crippen molar-refractivity contribution in [3.63, 3.8) is 0 Å². The van der Waals surface area contributed by atoms with Crippen LogP contribution < -0.4 is 36.8 Å². The molecule has 9 heterocycles. The van der Waals surface area contributed by atoms with Crippen molar-refractivity contribution in [1.29, 1.82) is 15.8 Å². The predicted molar refractivity (Wildman–Crippen MR) is 475 cm³/mol. The summed E-state index contributed by atoms with van der Waals surface area (Å²) in [6, 6.07) is 37.7. The molecule has 656 valence electrons. The van der Waals surface area contributed by atoms with Crippen LogP contribution in [-0.4, -0.2) is 147 Å². The van der Waals surface area contributed by atoms with Crippen molar-refractivity contribution in [2.75, 3.05) is 39.7 Å². The maximum Gasteiger partial charge on any atom is 0.278 e. The van der Waals surface area contributed by atoms with E-state index in [9.17, 15) is 64.1 Å². The number of hydrogen-bond acceptors (Lipinski definition) is 20. The zero-order valence-electron chi connectivity index (χ0n) is 64.1. The van der Waals surface area contributed by atoms with Crippen LogP contribution in [0.4, 0.5) is 34.9 Å². The largest absolute Gasteiger partial charge is 0.368 e. The summed E-state index contributed by atoms with van der Waals surface area (Å²) in [4.78, 5) is 105. The van der Waals surface area contributed by atoms with Crippen LogP contribution in [0.3, 0.4) is 0 Å². The Labute approximate surface area is 761 Å². The number of anilines is 6. The average molecular weight is 1930 g/mol. The molecule has 3 aromatic heterocycles. The molecular formula is C81H83Cl9N18O13S3. The first-order chi connectivity index (χ1) is 57.1. The van der Waals surface area contributed by atoms with Crippen molar-refractivity contribution >= 4 is 209 Å². The number of halogens is 9. The minimum absolute atomic E-state index is 0. The fourth-order valence-corrected chi connectivity index (χ4v) is 21.4. The highest BCUT2D eigenvalue weighted by Crippen LogP contribution is 2.50. The van der Waals surface area contributed by atoms with E-state index < -0.39 is 93.2 Å². The molecule has 0 bridgehead atoms. The normalized spacial score (nSPS) is 19.9. The first-order valence-electron chi connectivity index (χ1n) is 36.5. The number of rotatable bonds is 17. The van der Waals surface area contributed by atoms with Crippen LogP contribution in [0.2, 0.25) is 30.1 Å². The molecule has 0 unspecified atom stereocenters. The van der Waals surface area contributed by atoms with Crippen LogP contribution in [0.5, 0.6) is 0 Å². The lowest BCUT2D eigenvalue weighted by Crippen LogP contribution is -2.48. The van der Waals surface area contributed by atoms with Crippen LogP contribution in [0.25, 0.3) is 0 Å². The van der Waals surface area contributed by atoms with Crippen molar-refractivity contribution in [3.8, 4) is 18.2 Å². The maximum absolute atomic E-state index is 14.2. The van der Waals surface area contributed by atoms with E-state index in [1.54, 1.807) is 93.6 Å². The zero-order valence-corrected chi connectivity index (χ0v) is 73.4. The van der Waals surface area contributed by atoms with E-state index in [1.807, 2.05) is 12.1 Å². The number of amides is 7. The Morgan fingerprint density at radius 1 is 0.484 bits per heavy atom. The summed E-state index contributed by atoms with van der Waals surface area (Å²) in [7, 11) is -7.21. The number of hydrogen-bond donors (Lipinski definition) is 4. The molecule has 6 aliphatic heterocycles. The number of nitrogens with zero attached hydrogens (tertiary/aromatic N) is 14. The van der Waals surface area contributed by atoms with Gasteiger partial charge in [0, 0.05) is 80.1 Å². The van der Waals surface area contributed by atoms with Crippen LogP contribution in [0, 0.1) is 34.0 Å². The van der Waals surface area contributed by atoms with E-state index in [4.69, 9.17) is 125 Å². The number of nitrogens with one attached hydrogen (secondary N) is 2. The number of sulfonamides is 2. The van der Waals surface area contributed by atoms with Gasteiger partial charge in [0.2, 0.25) is 41.5 Å². The van der Waals surface area contributed by atoms with Gasteiger partial charge in [-0.1, -0.05) is 128 Å². The van der Waals surface area contributed by atoms with Gasteiger partial charge in [0.1, 0.15) is 28.7 Å². The fourth-order valence-electron chi connectivity index (χ4n) is 15.1. The van der Waals surface area contributed by atoms with Crippen molar-refractivity contribution in [2.45, 2.75) is 158 Å². The number of imidazole rings is 3. The number of benzene rings is 6. The first-order valence-corrected chi connectivity index (χ1v) is 45.0. The Hall–Kier alpha value is -9.75. The molecule has 3 fully saturated rings. The molecule has 0 aliphatic carbocycles. The minimum Gasteiger partial charge on any atom is -0.368 e. The SMILES string of the molecule is C.C.C.CC(=O)NC(=O)[C@@H]1CCCN1S(=O)(=O)c1cnc2n1[C@](C)(Cc1ccc(C#N)cc1)C(=O)N2c1cc(Cl)cc(Cl)c1.C[C@@]1(Cc2ccc(C#N)cc2)C(=O)N(c2cc(Cl)cc(Cl)c2)c2ncc(S(=O)(=O)Cl)n21.C[C@@]1(Cc2ccc(C#N)cc2)C(=O)N(c2cc(Cl)cc(Cl)c2)c2ncc(S(=O)(=O)N3CCC[C@H]3C(N)=O)n21.ClCCl.NC(=O)[C@@H]1CCCN1. The number of nitrogens with two attached hydrogens (primary N) is 2. The van der Waals surface area contributed by atoms with E-state index in [1.165, 1.54) is 96.1 Å². The van der Waals surface area contributed by atoms with Crippen molar-refractivity contribution in [3.05, 3.63) is 210 Å². The van der Waals surface area contributed by atoms with Gasteiger partial charge in [-0.2, -0.15) is 24.4 Å². The van der Waals surface area contributed by atoms with Crippen LogP contribution in [0.15, 0.2) is 161 Å². The standard InChI is InChI=1S/C27H24Cl2N6O5S.C25H22Cl2N6O4S.C20H13Cl3N4O3S.C5H10N2O.CH2Cl2.3CH4/c1-16(36)32-24(37)22-4-3-9-33(22)41(39,40)23-15-31-26-34(21-11-19(28)10-20(29)12-21)25(38)27(2,35(23)26)13-17-5-7-18(14-30)8-6-17;1-25(12-15-4-6-16(13-28)7-5-15)23(35)32(19-10-17(26)9-18(27)11-19)24-30-14-21(33(24)25)38(36,37)31-8-2-3-20(31)22(29)34;1-20(9-12-2-4-13(10-24)5-3-12)18(28)26(16-7-14(21)6-15(22)8-16)19-25-11-17(27(19)20)31(23,29)30;6-5(8)4-2-1-3-7-4;2-1-3;;;/h5-8,10-12,15,22H,3-4,9,13H2,1-2H3,(H,32,36,37);4-7,9-11,14,20H,2-3,8,12H2,1H3,(H2,29,34);2-8,11H,9H2,1H3;4,7H,1-3H2,(H2,6,8);1H2;3*1H4/t22-,27+;20-,25+;20-;4-;;;;/m0010..../s1. The lowest BCUT2D eigenvalue weighted by Gasteiger charge is -2.29. The third-order valence-corrected chi connectivity index (χ3v) is 26.9. The number of primary amides is 2. The summed E-state index contributed by atoms with van der Waals surface area (Å²) >= 11 is 46.7. The number of fused-ring (bicyclic) bond motifs is 3. The second kappa shape index (κ2) is 40.3. The van der Waals surface area contributed by atoms with Crippen molar-refractivity contribution < 1.29 is 58.8 Å². The third-order valence-electron chi connectivity index (χ3n) is 20.6. The molecule has 7 amide bonds. The molecule has 6 N–H and O–H groups in total. The molecular weight excluding hydrogens is 1850 g/mol. The quantitative estimate of drug-likeness (QED) is 0.0486. The molecule has 31 nitrogen and oxygen atoms in total.